The van der Waals surface area contributed by atoms with Crippen molar-refractivity contribution in [2.75, 3.05) is 19.8 Å². The smallest absolute Gasteiger partial charge is 0.309 e. The van der Waals surface area contributed by atoms with Crippen LogP contribution in [0.25, 0.3) is 0 Å². The number of rotatable bonds is 7. The van der Waals surface area contributed by atoms with Crippen LogP contribution in [0.1, 0.15) is 27.2 Å². The van der Waals surface area contributed by atoms with Gasteiger partial charge in [-0.15, -0.1) is 0 Å². The van der Waals surface area contributed by atoms with Crippen LogP contribution in [0.2, 0.25) is 5.04 Å². The first kappa shape index (κ1) is 22.9. The van der Waals surface area contributed by atoms with Crippen LogP contribution >= 0.6 is 0 Å². The van der Waals surface area contributed by atoms with Crippen molar-refractivity contribution in [2.24, 2.45) is 23.2 Å². The van der Waals surface area contributed by atoms with Crippen molar-refractivity contribution < 1.29 is 23.9 Å². The van der Waals surface area contributed by atoms with Crippen LogP contribution in [0, 0.1) is 23.2 Å². The molecular formula is C26H32O5Si. The molecule has 1 aliphatic heterocycles. The molecule has 32 heavy (non-hydrogen) atoms. The molecule has 1 N–H and O–H groups in total. The first-order valence-electron chi connectivity index (χ1n) is 11.3. The van der Waals surface area contributed by atoms with E-state index in [1.165, 1.54) is 0 Å². The fourth-order valence-corrected chi connectivity index (χ4v) is 10.6. The van der Waals surface area contributed by atoms with Crippen molar-refractivity contribution in [2.45, 2.75) is 32.2 Å². The molecule has 1 saturated heterocycles. The summed E-state index contributed by atoms with van der Waals surface area (Å²) in [4.78, 5) is 24.3. The highest BCUT2D eigenvalue weighted by Gasteiger charge is 2.63. The second kappa shape index (κ2) is 8.58. The van der Waals surface area contributed by atoms with E-state index >= 15 is 0 Å². The van der Waals surface area contributed by atoms with Gasteiger partial charge in [0.15, 0.2) is 0 Å². The number of fused-ring (bicyclic) bond motifs is 1. The van der Waals surface area contributed by atoms with Crippen molar-refractivity contribution in [3.8, 4) is 0 Å². The van der Waals surface area contributed by atoms with E-state index in [4.69, 9.17) is 9.16 Å². The fraction of sp³-hybridized carbons (Fsp3) is 0.462. The van der Waals surface area contributed by atoms with E-state index in [1.54, 1.807) is 0 Å². The minimum Gasteiger partial charge on any atom is -0.465 e. The van der Waals surface area contributed by atoms with Gasteiger partial charge in [0.05, 0.1) is 5.92 Å². The molecule has 0 spiro atoms. The van der Waals surface area contributed by atoms with Crippen LogP contribution in [0.5, 0.6) is 0 Å². The zero-order chi connectivity index (χ0) is 23.0. The summed E-state index contributed by atoms with van der Waals surface area (Å²) in [6.07, 6.45) is 1.30. The molecule has 2 aromatic carbocycles. The zero-order valence-corrected chi connectivity index (χ0v) is 20.0. The number of hydrogen-bond donors (Lipinski definition) is 1. The first-order valence-corrected chi connectivity index (χ1v) is 13.2. The van der Waals surface area contributed by atoms with Crippen molar-refractivity contribution >= 4 is 30.9 Å². The lowest BCUT2D eigenvalue weighted by atomic mass is 9.74. The van der Waals surface area contributed by atoms with E-state index in [1.807, 2.05) is 36.4 Å². The molecule has 1 saturated carbocycles. The van der Waals surface area contributed by atoms with E-state index in [0.717, 1.165) is 16.7 Å². The summed E-state index contributed by atoms with van der Waals surface area (Å²) in [5, 5.41) is 12.3. The number of hydrogen-bond acceptors (Lipinski definition) is 5. The van der Waals surface area contributed by atoms with E-state index in [9.17, 15) is 14.7 Å². The van der Waals surface area contributed by atoms with Gasteiger partial charge >= 0.3 is 5.97 Å². The van der Waals surface area contributed by atoms with Crippen LogP contribution in [0.15, 0.2) is 60.7 Å². The molecule has 1 heterocycles. The lowest BCUT2D eigenvalue weighted by Crippen LogP contribution is -2.67. The SMILES string of the molecule is CC(C)(C)[Si](OC[C@@]12COC(=O)[C@@H]1C[C@@H](C=O)[C@@H]2CO)(c1ccccc1)c1ccccc1. The predicted molar refractivity (Wildman–Crippen MR) is 125 cm³/mol. The number of benzene rings is 2. The summed E-state index contributed by atoms with van der Waals surface area (Å²) in [6, 6.07) is 20.7. The van der Waals surface area contributed by atoms with Gasteiger partial charge in [-0.1, -0.05) is 81.4 Å². The second-order valence-corrected chi connectivity index (χ2v) is 14.5. The second-order valence-electron chi connectivity index (χ2n) is 10.2. The number of ether oxygens (including phenoxy) is 1. The van der Waals surface area contributed by atoms with Gasteiger partial charge in [0.2, 0.25) is 0 Å². The molecule has 2 aliphatic rings. The predicted octanol–water partition coefficient (Wildman–Crippen LogP) is 2.55. The molecule has 6 heteroatoms. The molecule has 4 rings (SSSR count). The third-order valence-electron chi connectivity index (χ3n) is 7.57. The molecule has 170 valence electrons. The van der Waals surface area contributed by atoms with Gasteiger partial charge in [-0.05, 0) is 21.8 Å². The quantitative estimate of drug-likeness (QED) is 0.397. The largest absolute Gasteiger partial charge is 0.465 e. The molecule has 0 unspecified atom stereocenters. The average molecular weight is 453 g/mol. The van der Waals surface area contributed by atoms with Gasteiger partial charge in [0, 0.05) is 30.5 Å². The number of aliphatic hydroxyl groups excluding tert-OH is 1. The molecule has 0 amide bonds. The molecule has 4 atom stereocenters. The van der Waals surface area contributed by atoms with Crippen molar-refractivity contribution in [1.29, 1.82) is 0 Å². The Morgan fingerprint density at radius 1 is 1.09 bits per heavy atom. The third-order valence-corrected chi connectivity index (χ3v) is 12.6. The first-order chi connectivity index (χ1) is 15.3. The minimum absolute atomic E-state index is 0.166. The molecule has 0 aromatic heterocycles. The van der Waals surface area contributed by atoms with Gasteiger partial charge in [0.25, 0.3) is 8.32 Å². The van der Waals surface area contributed by atoms with Gasteiger partial charge in [-0.2, -0.15) is 0 Å². The molecule has 1 aliphatic carbocycles. The summed E-state index contributed by atoms with van der Waals surface area (Å²) in [6.45, 7) is 6.91. The van der Waals surface area contributed by atoms with Crippen LogP contribution in [-0.2, 0) is 18.8 Å². The van der Waals surface area contributed by atoms with Gasteiger partial charge in [0.1, 0.15) is 12.9 Å². The Kier molecular flexibility index (Phi) is 6.14. The Balaban J connectivity index is 1.82. The molecule has 0 radical (unpaired) electrons. The number of aldehydes is 1. The van der Waals surface area contributed by atoms with Crippen molar-refractivity contribution in [3.63, 3.8) is 0 Å². The maximum Gasteiger partial charge on any atom is 0.309 e. The highest BCUT2D eigenvalue weighted by molar-refractivity contribution is 6.99. The maximum atomic E-state index is 12.6. The number of carbonyl (C=O) groups is 2. The molecular weight excluding hydrogens is 420 g/mol. The topological polar surface area (TPSA) is 72.8 Å². The van der Waals surface area contributed by atoms with E-state index in [-0.39, 0.29) is 42.7 Å². The van der Waals surface area contributed by atoms with Crippen molar-refractivity contribution in [1.82, 2.24) is 0 Å². The van der Waals surface area contributed by atoms with Crippen LogP contribution in [0.4, 0.5) is 0 Å². The average Bonchev–Trinajstić information content (AvgIpc) is 3.28. The Morgan fingerprint density at radius 3 is 2.12 bits per heavy atom. The number of cyclic esters (lactones) is 1. The maximum absolute atomic E-state index is 12.6. The van der Waals surface area contributed by atoms with Gasteiger partial charge in [-0.25, -0.2) is 0 Å². The Bertz CT molecular complexity index is 916. The summed E-state index contributed by atoms with van der Waals surface area (Å²) in [7, 11) is -2.82. The number of esters is 1. The zero-order valence-electron chi connectivity index (χ0n) is 19.0. The standard InChI is InChI=1S/C26H32O5Si/c1-25(2,3)32(20-10-6-4-7-11-20,21-12-8-5-9-13-21)31-18-26-17-30-24(29)22(26)14-19(15-27)23(26)16-28/h4-13,15,19,22-23,28H,14,16-18H2,1-3H3/t19-,22-,23-,26-/m0/s1. The fourth-order valence-electron chi connectivity index (χ4n) is 5.92. The summed E-state index contributed by atoms with van der Waals surface area (Å²) >= 11 is 0. The van der Waals surface area contributed by atoms with Crippen LogP contribution < -0.4 is 10.4 Å². The normalized spacial score (nSPS) is 27.8. The van der Waals surface area contributed by atoms with E-state index in [0.29, 0.717) is 6.42 Å². The Labute approximate surface area is 190 Å². The summed E-state index contributed by atoms with van der Waals surface area (Å²) in [5.41, 5.74) is -0.690. The van der Waals surface area contributed by atoms with Crippen LogP contribution in [-0.4, -0.2) is 45.5 Å². The number of carbonyl (C=O) groups excluding carboxylic acids is 2. The van der Waals surface area contributed by atoms with E-state index < -0.39 is 19.7 Å². The molecule has 0 bridgehead atoms. The third kappa shape index (κ3) is 3.45. The highest BCUT2D eigenvalue weighted by Crippen LogP contribution is 2.55. The minimum atomic E-state index is -2.82. The lowest BCUT2D eigenvalue weighted by molar-refractivity contribution is -0.141. The molecule has 2 aromatic rings. The van der Waals surface area contributed by atoms with Crippen molar-refractivity contribution in [3.05, 3.63) is 60.7 Å². The molecule has 2 fully saturated rings. The highest BCUT2D eigenvalue weighted by atomic mass is 28.4. The summed E-state index contributed by atoms with van der Waals surface area (Å²) in [5.74, 6) is -1.41. The lowest BCUT2D eigenvalue weighted by Gasteiger charge is -2.45. The number of aliphatic hydroxyl groups is 1. The summed E-state index contributed by atoms with van der Waals surface area (Å²) < 4.78 is 12.6. The Hall–Kier alpha value is -2.28. The monoisotopic (exact) mass is 452 g/mol. The molecule has 5 nitrogen and oxygen atoms in total. The van der Waals surface area contributed by atoms with E-state index in [2.05, 4.69) is 45.0 Å². The van der Waals surface area contributed by atoms with Crippen LogP contribution in [0.3, 0.4) is 0 Å². The van der Waals surface area contributed by atoms with Gasteiger partial charge < -0.3 is 19.1 Å². The Morgan fingerprint density at radius 2 is 1.66 bits per heavy atom. The van der Waals surface area contributed by atoms with Gasteiger partial charge in [-0.3, -0.25) is 4.79 Å².